The molecule has 0 heterocycles. The predicted molar refractivity (Wildman–Crippen MR) is 75.1 cm³/mol. The lowest BCUT2D eigenvalue weighted by atomic mass is 10.1. The highest BCUT2D eigenvalue weighted by molar-refractivity contribution is 6.30. The maximum Gasteiger partial charge on any atom is 0.342 e. The lowest BCUT2D eigenvalue weighted by Crippen LogP contribution is -2.07. The molecule has 0 saturated carbocycles. The maximum atomic E-state index is 11.9. The molecular weight excluding hydrogens is 280 g/mol. The minimum Gasteiger partial charge on any atom is -0.508 e. The predicted octanol–water partition coefficient (Wildman–Crippen LogP) is 3.42. The molecule has 2 aromatic carbocycles. The number of aromatic hydroxyl groups is 2. The van der Waals surface area contributed by atoms with Crippen molar-refractivity contribution in [3.05, 3.63) is 58.1 Å². The second-order valence-electron chi connectivity index (χ2n) is 4.36. The number of aryl methyl sites for hydroxylation is 1. The summed E-state index contributed by atoms with van der Waals surface area (Å²) in [5.41, 5.74) is 1.29. The number of hydrogen-bond donors (Lipinski definition) is 2. The smallest absolute Gasteiger partial charge is 0.342 e. The molecule has 2 aromatic rings. The largest absolute Gasteiger partial charge is 0.508 e. The molecule has 0 aromatic heterocycles. The van der Waals surface area contributed by atoms with E-state index < -0.39 is 5.97 Å². The SMILES string of the molecule is Cc1cc(O)cc(O)c1C(=O)OCc1ccc(Cl)cc1. The molecule has 0 amide bonds. The lowest BCUT2D eigenvalue weighted by Gasteiger charge is -2.09. The van der Waals surface area contributed by atoms with Gasteiger partial charge in [0.1, 0.15) is 23.7 Å². The van der Waals surface area contributed by atoms with Gasteiger partial charge in [0.05, 0.1) is 0 Å². The van der Waals surface area contributed by atoms with Crippen LogP contribution in [0.15, 0.2) is 36.4 Å². The van der Waals surface area contributed by atoms with Crippen LogP contribution in [-0.2, 0) is 11.3 Å². The van der Waals surface area contributed by atoms with E-state index in [0.717, 1.165) is 11.6 Å². The fraction of sp³-hybridized carbons (Fsp3) is 0.133. The summed E-state index contributed by atoms with van der Waals surface area (Å²) in [4.78, 5) is 11.9. The van der Waals surface area contributed by atoms with E-state index in [-0.39, 0.29) is 23.7 Å². The van der Waals surface area contributed by atoms with Crippen molar-refractivity contribution in [1.29, 1.82) is 0 Å². The van der Waals surface area contributed by atoms with Crippen LogP contribution in [0.3, 0.4) is 0 Å². The first kappa shape index (κ1) is 14.2. The Bertz CT molecular complexity index is 612. The number of carbonyl (C=O) groups is 1. The van der Waals surface area contributed by atoms with Crippen molar-refractivity contribution >= 4 is 17.6 Å². The van der Waals surface area contributed by atoms with Gasteiger partial charge in [-0.25, -0.2) is 4.79 Å². The van der Waals surface area contributed by atoms with Gasteiger partial charge in [-0.15, -0.1) is 0 Å². The third kappa shape index (κ3) is 3.22. The molecule has 104 valence electrons. The first-order valence-corrected chi connectivity index (χ1v) is 6.29. The van der Waals surface area contributed by atoms with Crippen LogP contribution in [0.2, 0.25) is 5.02 Å². The van der Waals surface area contributed by atoms with E-state index in [0.29, 0.717) is 10.6 Å². The van der Waals surface area contributed by atoms with Gasteiger partial charge in [0.2, 0.25) is 0 Å². The number of esters is 1. The molecule has 0 radical (unpaired) electrons. The minimum absolute atomic E-state index is 0.0526. The van der Waals surface area contributed by atoms with E-state index in [9.17, 15) is 15.0 Å². The molecule has 2 N–H and O–H groups in total. The van der Waals surface area contributed by atoms with Crippen LogP contribution in [0.25, 0.3) is 0 Å². The summed E-state index contributed by atoms with van der Waals surface area (Å²) in [5, 5.41) is 19.6. The first-order chi connectivity index (χ1) is 9.47. The lowest BCUT2D eigenvalue weighted by molar-refractivity contribution is 0.0468. The second kappa shape index (κ2) is 5.84. The van der Waals surface area contributed by atoms with Gasteiger partial charge >= 0.3 is 5.97 Å². The standard InChI is InChI=1S/C15H13ClO4/c1-9-6-12(17)7-13(18)14(9)15(19)20-8-10-2-4-11(16)5-3-10/h2-7,17-18H,8H2,1H3. The van der Waals surface area contributed by atoms with Crippen molar-refractivity contribution in [3.8, 4) is 11.5 Å². The van der Waals surface area contributed by atoms with Crippen LogP contribution in [-0.4, -0.2) is 16.2 Å². The molecule has 0 aliphatic heterocycles. The van der Waals surface area contributed by atoms with Gasteiger partial charge in [-0.3, -0.25) is 0 Å². The number of rotatable bonds is 3. The molecule has 0 spiro atoms. The molecule has 5 heteroatoms. The normalized spacial score (nSPS) is 10.3. The number of hydrogen-bond acceptors (Lipinski definition) is 4. The summed E-state index contributed by atoms with van der Waals surface area (Å²) in [6.07, 6.45) is 0. The molecule has 0 unspecified atom stereocenters. The fourth-order valence-electron chi connectivity index (χ4n) is 1.82. The Morgan fingerprint density at radius 1 is 1.20 bits per heavy atom. The average Bonchev–Trinajstić information content (AvgIpc) is 2.37. The summed E-state index contributed by atoms with van der Waals surface area (Å²) in [5.74, 6) is -1.05. The highest BCUT2D eigenvalue weighted by Gasteiger charge is 2.17. The van der Waals surface area contributed by atoms with Crippen molar-refractivity contribution in [2.75, 3.05) is 0 Å². The number of ether oxygens (including phenoxy) is 1. The number of benzene rings is 2. The average molecular weight is 293 g/mol. The van der Waals surface area contributed by atoms with Gasteiger partial charge in [-0.1, -0.05) is 23.7 Å². The summed E-state index contributed by atoms with van der Waals surface area (Å²) in [6.45, 7) is 1.69. The summed E-state index contributed by atoms with van der Waals surface area (Å²) < 4.78 is 5.13. The highest BCUT2D eigenvalue weighted by Crippen LogP contribution is 2.27. The monoisotopic (exact) mass is 292 g/mol. The van der Waals surface area contributed by atoms with Crippen LogP contribution in [0.4, 0.5) is 0 Å². The molecule has 20 heavy (non-hydrogen) atoms. The van der Waals surface area contributed by atoms with Crippen LogP contribution in [0.1, 0.15) is 21.5 Å². The van der Waals surface area contributed by atoms with Crippen LogP contribution >= 0.6 is 11.6 Å². The van der Waals surface area contributed by atoms with Crippen molar-refractivity contribution in [2.24, 2.45) is 0 Å². The van der Waals surface area contributed by atoms with Gasteiger partial charge < -0.3 is 14.9 Å². The maximum absolute atomic E-state index is 11.9. The minimum atomic E-state index is -0.644. The van der Waals surface area contributed by atoms with Crippen molar-refractivity contribution < 1.29 is 19.7 Å². The molecule has 0 bridgehead atoms. The molecule has 0 aliphatic rings. The van der Waals surface area contributed by atoms with Gasteiger partial charge in [0.25, 0.3) is 0 Å². The summed E-state index contributed by atoms with van der Waals surface area (Å²) >= 11 is 5.76. The number of carbonyl (C=O) groups excluding carboxylic acids is 1. The third-order valence-corrected chi connectivity index (χ3v) is 3.04. The molecule has 0 fully saturated rings. The fourth-order valence-corrected chi connectivity index (χ4v) is 1.94. The highest BCUT2D eigenvalue weighted by atomic mass is 35.5. The molecular formula is C15H13ClO4. The van der Waals surface area contributed by atoms with E-state index in [1.54, 1.807) is 31.2 Å². The second-order valence-corrected chi connectivity index (χ2v) is 4.80. The number of phenols is 2. The Labute approximate surface area is 121 Å². The first-order valence-electron chi connectivity index (χ1n) is 5.91. The number of halogens is 1. The van der Waals surface area contributed by atoms with Crippen molar-refractivity contribution in [2.45, 2.75) is 13.5 Å². The van der Waals surface area contributed by atoms with Crippen molar-refractivity contribution in [3.63, 3.8) is 0 Å². The van der Waals surface area contributed by atoms with E-state index in [1.807, 2.05) is 0 Å². The summed E-state index contributed by atoms with van der Waals surface area (Å²) in [6, 6.07) is 9.39. The third-order valence-electron chi connectivity index (χ3n) is 2.79. The van der Waals surface area contributed by atoms with E-state index in [2.05, 4.69) is 0 Å². The zero-order valence-electron chi connectivity index (χ0n) is 10.8. The molecule has 2 rings (SSSR count). The van der Waals surface area contributed by atoms with E-state index >= 15 is 0 Å². The van der Waals surface area contributed by atoms with Gasteiger partial charge in [-0.05, 0) is 36.2 Å². The quantitative estimate of drug-likeness (QED) is 0.851. The van der Waals surface area contributed by atoms with E-state index in [4.69, 9.17) is 16.3 Å². The van der Waals surface area contributed by atoms with E-state index in [1.165, 1.54) is 6.07 Å². The Kier molecular flexibility index (Phi) is 4.15. The zero-order chi connectivity index (χ0) is 14.7. The van der Waals surface area contributed by atoms with Crippen LogP contribution in [0.5, 0.6) is 11.5 Å². The molecule has 0 saturated heterocycles. The molecule has 0 atom stereocenters. The number of phenolic OH excluding ortho intramolecular Hbond substituents is 2. The van der Waals surface area contributed by atoms with Gasteiger partial charge in [0, 0.05) is 11.1 Å². The van der Waals surface area contributed by atoms with Gasteiger partial charge in [-0.2, -0.15) is 0 Å². The van der Waals surface area contributed by atoms with Gasteiger partial charge in [0.15, 0.2) is 0 Å². The van der Waals surface area contributed by atoms with Crippen LogP contribution in [0, 0.1) is 6.92 Å². The summed E-state index contributed by atoms with van der Waals surface area (Å²) in [7, 11) is 0. The Balaban J connectivity index is 2.11. The Hall–Kier alpha value is -2.20. The Morgan fingerprint density at radius 3 is 2.45 bits per heavy atom. The molecule has 0 aliphatic carbocycles. The topological polar surface area (TPSA) is 66.8 Å². The molecule has 4 nitrogen and oxygen atoms in total. The van der Waals surface area contributed by atoms with Crippen molar-refractivity contribution in [1.82, 2.24) is 0 Å². The van der Waals surface area contributed by atoms with Crippen LogP contribution < -0.4 is 0 Å². The Morgan fingerprint density at radius 2 is 1.85 bits per heavy atom. The zero-order valence-corrected chi connectivity index (χ0v) is 11.5.